The van der Waals surface area contributed by atoms with E-state index in [0.29, 0.717) is 23.2 Å². The van der Waals surface area contributed by atoms with E-state index in [1.807, 2.05) is 18.2 Å². The van der Waals surface area contributed by atoms with Crippen LogP contribution in [0.15, 0.2) is 30.3 Å². The van der Waals surface area contributed by atoms with Gasteiger partial charge in [0.25, 0.3) is 5.91 Å². The number of aromatic amines is 1. The Hall–Kier alpha value is -2.21. The van der Waals surface area contributed by atoms with Crippen LogP contribution in [0.3, 0.4) is 0 Å². The first-order valence-corrected chi connectivity index (χ1v) is 8.08. The normalized spacial score (nSPS) is 28.9. The molecule has 0 unspecified atom stereocenters. The van der Waals surface area contributed by atoms with Gasteiger partial charge in [-0.05, 0) is 25.3 Å². The van der Waals surface area contributed by atoms with Crippen LogP contribution >= 0.6 is 0 Å². The molecule has 4 atom stereocenters. The molecule has 2 aliphatic rings. The quantitative estimate of drug-likeness (QED) is 0.896. The average molecular weight is 312 g/mol. The predicted octanol–water partition coefficient (Wildman–Crippen LogP) is 1.49. The summed E-state index contributed by atoms with van der Waals surface area (Å²) in [5, 5.41) is 13.5. The first-order valence-electron chi connectivity index (χ1n) is 8.08. The lowest BCUT2D eigenvalue weighted by atomic mass is 9.64. The Kier molecular flexibility index (Phi) is 3.61. The molecule has 6 heteroatoms. The van der Waals surface area contributed by atoms with Crippen molar-refractivity contribution in [2.75, 3.05) is 6.61 Å². The Labute approximate surface area is 134 Å². The molecule has 2 fully saturated rings. The molecular weight excluding hydrogens is 292 g/mol. The summed E-state index contributed by atoms with van der Waals surface area (Å²) in [6.45, 7) is 2.57. The molecule has 2 heterocycles. The van der Waals surface area contributed by atoms with Gasteiger partial charge < -0.3 is 10.1 Å². The lowest BCUT2D eigenvalue weighted by Gasteiger charge is -2.48. The van der Waals surface area contributed by atoms with E-state index in [1.54, 1.807) is 6.92 Å². The van der Waals surface area contributed by atoms with Crippen molar-refractivity contribution in [1.29, 1.82) is 0 Å². The number of nitrogens with zero attached hydrogens (tertiary/aromatic N) is 2. The monoisotopic (exact) mass is 312 g/mol. The number of carbonyl (C=O) groups is 1. The van der Waals surface area contributed by atoms with Gasteiger partial charge in [0, 0.05) is 24.5 Å². The van der Waals surface area contributed by atoms with Crippen molar-refractivity contribution in [3.05, 3.63) is 47.3 Å². The molecule has 1 aliphatic heterocycles. The van der Waals surface area contributed by atoms with Gasteiger partial charge in [0.05, 0.1) is 11.8 Å². The number of ether oxygens (including phenoxy) is 1. The van der Waals surface area contributed by atoms with Gasteiger partial charge in [-0.2, -0.15) is 15.4 Å². The molecule has 4 rings (SSSR count). The standard InChI is InChI=1S/C17H20N4O2/c1-10-14(20-21-19-10)17(22)18-15-12-7-8-23-16(12)13(15)9-11-5-3-2-4-6-11/h2-6,12-13,15-16H,7-9H2,1H3,(H,18,22)(H,19,20,21)/t12-,13+,15-,16-/m0/s1. The van der Waals surface area contributed by atoms with Crippen molar-refractivity contribution in [2.24, 2.45) is 11.8 Å². The molecule has 2 aromatic rings. The maximum absolute atomic E-state index is 12.4. The first-order chi connectivity index (χ1) is 11.2. The maximum Gasteiger partial charge on any atom is 0.273 e. The third-order valence-electron chi connectivity index (χ3n) is 5.08. The summed E-state index contributed by atoms with van der Waals surface area (Å²) in [6, 6.07) is 10.5. The van der Waals surface area contributed by atoms with Gasteiger partial charge >= 0.3 is 0 Å². The summed E-state index contributed by atoms with van der Waals surface area (Å²) in [6.07, 6.45) is 2.20. The molecule has 1 aromatic heterocycles. The van der Waals surface area contributed by atoms with E-state index in [0.717, 1.165) is 19.4 Å². The molecule has 2 N–H and O–H groups in total. The highest BCUT2D eigenvalue weighted by Gasteiger charge is 2.54. The third-order valence-corrected chi connectivity index (χ3v) is 5.08. The molecule has 0 bridgehead atoms. The van der Waals surface area contributed by atoms with E-state index in [2.05, 4.69) is 32.9 Å². The van der Waals surface area contributed by atoms with Crippen molar-refractivity contribution >= 4 is 5.91 Å². The summed E-state index contributed by atoms with van der Waals surface area (Å²) >= 11 is 0. The van der Waals surface area contributed by atoms with Crippen LogP contribution < -0.4 is 5.32 Å². The summed E-state index contributed by atoms with van der Waals surface area (Å²) in [5.74, 6) is 0.589. The number of amides is 1. The van der Waals surface area contributed by atoms with Gasteiger partial charge in [-0.3, -0.25) is 4.79 Å². The average Bonchev–Trinajstić information content (AvgIpc) is 3.18. The van der Waals surface area contributed by atoms with E-state index < -0.39 is 0 Å². The predicted molar refractivity (Wildman–Crippen MR) is 83.9 cm³/mol. The molecular formula is C17H20N4O2. The van der Waals surface area contributed by atoms with Crippen LogP contribution in [0.25, 0.3) is 0 Å². The van der Waals surface area contributed by atoms with Crippen LogP contribution in [-0.2, 0) is 11.2 Å². The fourth-order valence-electron chi connectivity index (χ4n) is 3.89. The van der Waals surface area contributed by atoms with E-state index in [-0.39, 0.29) is 18.1 Å². The van der Waals surface area contributed by atoms with Crippen molar-refractivity contribution in [3.63, 3.8) is 0 Å². The summed E-state index contributed by atoms with van der Waals surface area (Å²) in [5.41, 5.74) is 2.29. The number of carbonyl (C=O) groups excluding carboxylic acids is 1. The Morgan fingerprint density at radius 1 is 1.35 bits per heavy atom. The summed E-state index contributed by atoms with van der Waals surface area (Å²) in [4.78, 5) is 12.4. The van der Waals surface area contributed by atoms with Gasteiger partial charge in [-0.25, -0.2) is 0 Å². The van der Waals surface area contributed by atoms with Gasteiger partial charge in [-0.1, -0.05) is 30.3 Å². The zero-order valence-corrected chi connectivity index (χ0v) is 13.0. The maximum atomic E-state index is 12.4. The molecule has 1 aliphatic carbocycles. The van der Waals surface area contributed by atoms with E-state index in [1.165, 1.54) is 5.56 Å². The number of hydrogen-bond donors (Lipinski definition) is 2. The number of benzene rings is 1. The highest BCUT2D eigenvalue weighted by Crippen LogP contribution is 2.45. The Bertz CT molecular complexity index is 700. The van der Waals surface area contributed by atoms with E-state index in [4.69, 9.17) is 4.74 Å². The zero-order chi connectivity index (χ0) is 15.8. The Morgan fingerprint density at radius 3 is 2.91 bits per heavy atom. The molecule has 1 saturated carbocycles. The van der Waals surface area contributed by atoms with Crippen LogP contribution in [0.1, 0.15) is 28.2 Å². The number of hydrogen-bond acceptors (Lipinski definition) is 4. The number of fused-ring (bicyclic) bond motifs is 1. The lowest BCUT2D eigenvalue weighted by Crippen LogP contribution is -2.62. The fraction of sp³-hybridized carbons (Fsp3) is 0.471. The van der Waals surface area contributed by atoms with Gasteiger partial charge in [0.2, 0.25) is 0 Å². The molecule has 120 valence electrons. The minimum absolute atomic E-state index is 0.145. The van der Waals surface area contributed by atoms with Crippen molar-refractivity contribution < 1.29 is 9.53 Å². The van der Waals surface area contributed by atoms with Crippen LogP contribution in [0.2, 0.25) is 0 Å². The van der Waals surface area contributed by atoms with Crippen molar-refractivity contribution in [3.8, 4) is 0 Å². The number of H-pyrrole nitrogens is 1. The topological polar surface area (TPSA) is 79.9 Å². The van der Waals surface area contributed by atoms with Crippen molar-refractivity contribution in [1.82, 2.24) is 20.7 Å². The molecule has 1 aromatic carbocycles. The largest absolute Gasteiger partial charge is 0.377 e. The second kappa shape index (κ2) is 5.77. The summed E-state index contributed by atoms with van der Waals surface area (Å²) in [7, 11) is 0. The number of nitrogens with one attached hydrogen (secondary N) is 2. The van der Waals surface area contributed by atoms with E-state index >= 15 is 0 Å². The molecule has 6 nitrogen and oxygen atoms in total. The molecule has 1 saturated heterocycles. The zero-order valence-electron chi connectivity index (χ0n) is 13.0. The lowest BCUT2D eigenvalue weighted by molar-refractivity contribution is -0.0528. The second-order valence-corrected chi connectivity index (χ2v) is 6.40. The number of rotatable bonds is 4. The van der Waals surface area contributed by atoms with Crippen LogP contribution in [0.5, 0.6) is 0 Å². The molecule has 1 amide bonds. The van der Waals surface area contributed by atoms with Gasteiger partial charge in [-0.15, -0.1) is 0 Å². The minimum atomic E-state index is -0.148. The number of aryl methyl sites for hydroxylation is 1. The Balaban J connectivity index is 1.49. The minimum Gasteiger partial charge on any atom is -0.377 e. The van der Waals surface area contributed by atoms with Gasteiger partial charge in [0.15, 0.2) is 5.69 Å². The molecule has 0 spiro atoms. The van der Waals surface area contributed by atoms with Crippen molar-refractivity contribution in [2.45, 2.75) is 31.9 Å². The SMILES string of the molecule is Cc1n[nH]nc1C(=O)N[C@@H]1[C@@H](Cc2ccccc2)[C@H]2OCC[C@@H]12. The molecule has 0 radical (unpaired) electrons. The first kappa shape index (κ1) is 14.4. The van der Waals surface area contributed by atoms with Crippen LogP contribution in [0.4, 0.5) is 0 Å². The van der Waals surface area contributed by atoms with E-state index in [9.17, 15) is 4.79 Å². The Morgan fingerprint density at radius 2 is 2.17 bits per heavy atom. The fourth-order valence-corrected chi connectivity index (χ4v) is 3.89. The third kappa shape index (κ3) is 2.53. The molecule has 23 heavy (non-hydrogen) atoms. The summed E-state index contributed by atoms with van der Waals surface area (Å²) < 4.78 is 5.88. The highest BCUT2D eigenvalue weighted by atomic mass is 16.5. The van der Waals surface area contributed by atoms with Crippen LogP contribution in [0, 0.1) is 18.8 Å². The second-order valence-electron chi connectivity index (χ2n) is 6.40. The number of aromatic nitrogens is 3. The van der Waals surface area contributed by atoms with Crippen LogP contribution in [-0.4, -0.2) is 40.1 Å². The highest BCUT2D eigenvalue weighted by molar-refractivity contribution is 5.93. The van der Waals surface area contributed by atoms with Gasteiger partial charge in [0.1, 0.15) is 0 Å². The smallest absolute Gasteiger partial charge is 0.273 e.